The third-order valence-corrected chi connectivity index (χ3v) is 8.11. The minimum atomic E-state index is -0.810. The van der Waals surface area contributed by atoms with Crippen molar-refractivity contribution < 1.29 is 14.3 Å². The van der Waals surface area contributed by atoms with Gasteiger partial charge in [-0.1, -0.05) is 43.2 Å². The molecule has 0 N–H and O–H groups in total. The predicted octanol–water partition coefficient (Wildman–Crippen LogP) is 7.48. The van der Waals surface area contributed by atoms with Crippen LogP contribution in [0.15, 0.2) is 47.8 Å². The fraction of sp³-hybridized carbons (Fsp3) is 0.414. The van der Waals surface area contributed by atoms with Crippen LogP contribution in [0.2, 0.25) is 0 Å². The van der Waals surface area contributed by atoms with Gasteiger partial charge in [-0.2, -0.15) is 0 Å². The number of hydrogen-bond acceptors (Lipinski definition) is 3. The highest BCUT2D eigenvalue weighted by molar-refractivity contribution is 7.43. The van der Waals surface area contributed by atoms with Crippen LogP contribution in [0.5, 0.6) is 5.75 Å². The average molecular weight is 462 g/mol. The van der Waals surface area contributed by atoms with Crippen molar-refractivity contribution >= 4 is 26.5 Å². The van der Waals surface area contributed by atoms with Gasteiger partial charge in [-0.3, -0.25) is 0 Å². The van der Waals surface area contributed by atoms with Crippen molar-refractivity contribution in [2.45, 2.75) is 65.4 Å². The lowest BCUT2D eigenvalue weighted by atomic mass is 9.89. The van der Waals surface area contributed by atoms with Gasteiger partial charge in [0.1, 0.15) is 11.1 Å². The quantitative estimate of drug-likeness (QED) is 0.224. The van der Waals surface area contributed by atoms with Gasteiger partial charge in [0.2, 0.25) is 0 Å². The molecule has 0 saturated heterocycles. The number of rotatable bonds is 5. The lowest BCUT2D eigenvalue weighted by Gasteiger charge is -2.21. The summed E-state index contributed by atoms with van der Waals surface area (Å²) in [5.74, 6) is 7.29. The molecule has 0 aliphatic heterocycles. The van der Waals surface area contributed by atoms with Crippen molar-refractivity contribution in [1.82, 2.24) is 0 Å². The molecule has 4 rings (SSSR count). The molecule has 0 bridgehead atoms. The molecule has 3 nitrogen and oxygen atoms in total. The van der Waals surface area contributed by atoms with Crippen LogP contribution < -0.4 is 4.74 Å². The number of esters is 1. The second-order valence-electron chi connectivity index (χ2n) is 9.44. The molecule has 1 aliphatic rings. The summed E-state index contributed by atoms with van der Waals surface area (Å²) in [5, 5.41) is 3.56. The maximum Gasteiger partial charge on any atom is 0.345 e. The largest absolute Gasteiger partial charge is 0.481 e. The third-order valence-electron chi connectivity index (χ3n) is 6.11. The molecule has 172 valence electrons. The van der Waals surface area contributed by atoms with Gasteiger partial charge in [0, 0.05) is 40.0 Å². The Morgan fingerprint density at radius 1 is 1.06 bits per heavy atom. The van der Waals surface area contributed by atoms with E-state index in [4.69, 9.17) is 9.47 Å². The fourth-order valence-corrected chi connectivity index (χ4v) is 6.56. The smallest absolute Gasteiger partial charge is 0.345 e. The topological polar surface area (TPSA) is 35.5 Å². The van der Waals surface area contributed by atoms with E-state index in [2.05, 4.69) is 59.7 Å². The number of carbonyl (C=O) groups is 1. The maximum absolute atomic E-state index is 12.5. The lowest BCUT2D eigenvalue weighted by molar-refractivity contribution is -0.154. The van der Waals surface area contributed by atoms with E-state index in [1.165, 1.54) is 34.2 Å². The summed E-state index contributed by atoms with van der Waals surface area (Å²) < 4.78 is 12.9. The van der Waals surface area contributed by atoms with Crippen molar-refractivity contribution in [3.63, 3.8) is 0 Å². The summed E-state index contributed by atoms with van der Waals surface area (Å²) in [7, 11) is -0.0683. The molecular formula is C29H33O3S+. The van der Waals surface area contributed by atoms with Crippen LogP contribution in [0.1, 0.15) is 57.1 Å². The van der Waals surface area contributed by atoms with Crippen LogP contribution in [-0.2, 0) is 9.53 Å². The molecule has 2 aromatic carbocycles. The van der Waals surface area contributed by atoms with E-state index >= 15 is 0 Å². The molecule has 3 aromatic rings. The Labute approximate surface area is 200 Å². The second kappa shape index (κ2) is 10.0. The third kappa shape index (κ3) is 5.78. The van der Waals surface area contributed by atoms with E-state index in [1.807, 2.05) is 27.7 Å². The minimum Gasteiger partial charge on any atom is -0.481 e. The number of hydrogen-bond donors (Lipinski definition) is 0. The molecule has 1 atom stereocenters. The highest BCUT2D eigenvalue weighted by Gasteiger charge is 2.23. The van der Waals surface area contributed by atoms with Crippen LogP contribution in [-0.4, -0.2) is 18.2 Å². The van der Waals surface area contributed by atoms with E-state index in [0.29, 0.717) is 5.92 Å². The van der Waals surface area contributed by atoms with Gasteiger partial charge < -0.3 is 9.47 Å². The van der Waals surface area contributed by atoms with Gasteiger partial charge in [0.05, 0.1) is 0 Å². The fourth-order valence-electron chi connectivity index (χ4n) is 4.50. The zero-order valence-corrected chi connectivity index (χ0v) is 20.9. The van der Waals surface area contributed by atoms with Crippen LogP contribution >= 0.6 is 10.5 Å². The van der Waals surface area contributed by atoms with Crippen molar-refractivity contribution in [3.05, 3.63) is 59.0 Å². The minimum absolute atomic E-state index is 0.0683. The number of ether oxygens (including phenoxy) is 2. The molecule has 0 radical (unpaired) electrons. The molecule has 1 aliphatic carbocycles. The number of fused-ring (bicyclic) bond motifs is 1. The number of carbonyl (C=O) groups excluding carboxylic acids is 1. The normalized spacial score (nSPS) is 15.1. The van der Waals surface area contributed by atoms with Gasteiger partial charge in [-0.15, -0.1) is 0 Å². The lowest BCUT2D eigenvalue weighted by Crippen LogP contribution is -2.29. The first-order valence-electron chi connectivity index (χ1n) is 11.8. The van der Waals surface area contributed by atoms with Gasteiger partial charge in [-0.05, 0) is 63.8 Å². The molecule has 1 aromatic heterocycles. The zero-order chi connectivity index (χ0) is 23.4. The Morgan fingerprint density at radius 2 is 1.76 bits per heavy atom. The SMILES string of the molecule is Cc1cc(-[s+]2ccc3ccccc32)cc(C)c1OCC(=O)OC(C)(C)C#CC1CCCCC1. The zero-order valence-electron chi connectivity index (χ0n) is 20.1. The molecule has 0 amide bonds. The Balaban J connectivity index is 1.41. The molecule has 4 heteroatoms. The summed E-state index contributed by atoms with van der Waals surface area (Å²) >= 11 is 0. The molecule has 1 saturated carbocycles. The van der Waals surface area contributed by atoms with Crippen molar-refractivity contribution in [2.24, 2.45) is 5.92 Å². The molecule has 1 heterocycles. The predicted molar refractivity (Wildman–Crippen MR) is 137 cm³/mol. The van der Waals surface area contributed by atoms with E-state index < -0.39 is 11.6 Å². The van der Waals surface area contributed by atoms with Gasteiger partial charge in [-0.25, -0.2) is 4.79 Å². The number of thiophene rings is 1. The van der Waals surface area contributed by atoms with Crippen LogP contribution in [0.4, 0.5) is 0 Å². The monoisotopic (exact) mass is 461 g/mol. The van der Waals surface area contributed by atoms with E-state index in [9.17, 15) is 4.79 Å². The maximum atomic E-state index is 12.5. The first kappa shape index (κ1) is 23.4. The average Bonchev–Trinajstić information content (AvgIpc) is 3.22. The van der Waals surface area contributed by atoms with Crippen LogP contribution in [0.3, 0.4) is 0 Å². The molecule has 1 fully saturated rings. The molecule has 1 unspecified atom stereocenters. The van der Waals surface area contributed by atoms with E-state index in [0.717, 1.165) is 29.7 Å². The molecule has 0 spiro atoms. The van der Waals surface area contributed by atoms with Gasteiger partial charge in [0.15, 0.2) is 21.8 Å². The van der Waals surface area contributed by atoms with Gasteiger partial charge >= 0.3 is 5.97 Å². The number of aryl methyl sites for hydroxylation is 2. The second-order valence-corrected chi connectivity index (χ2v) is 11.3. The standard InChI is InChI=1S/C29H33O3S/c1-21-18-25(33-17-15-24-12-8-9-13-26(24)33)19-22(2)28(21)31-20-27(30)32-29(3,4)16-14-23-10-6-5-7-11-23/h8-9,12-13,15,17-19,23H,5-7,10-11,20H2,1-4H3/q+1. The van der Waals surface area contributed by atoms with E-state index in [-0.39, 0.29) is 17.1 Å². The Kier molecular flexibility index (Phi) is 7.10. The Morgan fingerprint density at radius 3 is 2.48 bits per heavy atom. The Bertz CT molecular complexity index is 1180. The molecular weight excluding hydrogens is 428 g/mol. The van der Waals surface area contributed by atoms with Gasteiger partial charge in [0.25, 0.3) is 0 Å². The summed E-state index contributed by atoms with van der Waals surface area (Å²) in [4.78, 5) is 13.8. The first-order chi connectivity index (χ1) is 15.8. The highest BCUT2D eigenvalue weighted by atomic mass is 32.2. The summed E-state index contributed by atoms with van der Waals surface area (Å²) in [6.45, 7) is 7.64. The Hall–Kier alpha value is -2.77. The van der Waals surface area contributed by atoms with Crippen molar-refractivity contribution in [2.75, 3.05) is 6.61 Å². The van der Waals surface area contributed by atoms with E-state index in [1.54, 1.807) is 0 Å². The van der Waals surface area contributed by atoms with Crippen LogP contribution in [0, 0.1) is 31.6 Å². The highest BCUT2D eigenvalue weighted by Crippen LogP contribution is 2.42. The summed E-state index contributed by atoms with van der Waals surface area (Å²) in [6.07, 6.45) is 6.09. The first-order valence-corrected chi connectivity index (χ1v) is 13.1. The van der Waals surface area contributed by atoms with Crippen molar-refractivity contribution in [1.29, 1.82) is 0 Å². The summed E-state index contributed by atoms with van der Waals surface area (Å²) in [6, 6.07) is 15.1. The van der Waals surface area contributed by atoms with Crippen LogP contribution in [0.25, 0.3) is 15.0 Å². The van der Waals surface area contributed by atoms with Crippen molar-refractivity contribution in [3.8, 4) is 22.5 Å². The molecule has 33 heavy (non-hydrogen) atoms. The summed E-state index contributed by atoms with van der Waals surface area (Å²) in [5.41, 5.74) is 1.24. The number of benzene rings is 2.